The first-order valence-corrected chi connectivity index (χ1v) is 9.43. The third-order valence-corrected chi connectivity index (χ3v) is 5.13. The second-order valence-electron chi connectivity index (χ2n) is 7.12. The molecule has 0 aliphatic carbocycles. The average Bonchev–Trinajstić information content (AvgIpc) is 2.69. The Labute approximate surface area is 160 Å². The summed E-state index contributed by atoms with van der Waals surface area (Å²) < 4.78 is 0. The molecule has 1 fully saturated rings. The highest BCUT2D eigenvalue weighted by Crippen LogP contribution is 2.14. The molecule has 1 aliphatic heterocycles. The molecule has 3 rings (SSSR count). The van der Waals surface area contributed by atoms with E-state index in [4.69, 9.17) is 0 Å². The molecule has 1 aliphatic rings. The van der Waals surface area contributed by atoms with Crippen molar-refractivity contribution in [3.8, 4) is 0 Å². The second kappa shape index (κ2) is 8.67. The Morgan fingerprint density at radius 1 is 1.00 bits per heavy atom. The van der Waals surface area contributed by atoms with Crippen molar-refractivity contribution in [1.29, 1.82) is 0 Å². The van der Waals surface area contributed by atoms with Gasteiger partial charge in [0.25, 0.3) is 5.91 Å². The highest BCUT2D eigenvalue weighted by atomic mass is 16.2. The molecule has 4 heteroatoms. The van der Waals surface area contributed by atoms with Crippen LogP contribution in [0.2, 0.25) is 0 Å². The Kier molecular flexibility index (Phi) is 6.07. The van der Waals surface area contributed by atoms with Crippen LogP contribution in [0.1, 0.15) is 39.9 Å². The molecule has 1 N–H and O–H groups in total. The fourth-order valence-corrected chi connectivity index (χ4v) is 3.23. The van der Waals surface area contributed by atoms with Gasteiger partial charge in [-0.15, -0.1) is 0 Å². The van der Waals surface area contributed by atoms with Crippen LogP contribution in [-0.2, 0) is 4.79 Å². The molecule has 1 heterocycles. The Morgan fingerprint density at radius 2 is 1.70 bits per heavy atom. The van der Waals surface area contributed by atoms with Gasteiger partial charge in [0.1, 0.15) is 0 Å². The zero-order chi connectivity index (χ0) is 19.2. The van der Waals surface area contributed by atoms with Crippen LogP contribution in [0.15, 0.2) is 54.6 Å². The van der Waals surface area contributed by atoms with Gasteiger partial charge in [0, 0.05) is 30.8 Å². The van der Waals surface area contributed by atoms with Gasteiger partial charge in [-0.05, 0) is 61.6 Å². The van der Waals surface area contributed by atoms with E-state index in [9.17, 15) is 9.59 Å². The summed E-state index contributed by atoms with van der Waals surface area (Å²) in [5.74, 6) is -0.00959. The lowest BCUT2D eigenvalue weighted by Gasteiger charge is -2.31. The molecule has 4 nitrogen and oxygen atoms in total. The van der Waals surface area contributed by atoms with Crippen LogP contribution in [0.4, 0.5) is 0 Å². The zero-order valence-electron chi connectivity index (χ0n) is 15.9. The summed E-state index contributed by atoms with van der Waals surface area (Å²) in [6.45, 7) is 5.38. The van der Waals surface area contributed by atoms with Crippen molar-refractivity contribution in [2.24, 2.45) is 0 Å². The molecule has 27 heavy (non-hydrogen) atoms. The molecule has 0 saturated carbocycles. The Bertz CT molecular complexity index is 835. The minimum atomic E-state index is -0.0353. The summed E-state index contributed by atoms with van der Waals surface area (Å²) in [7, 11) is 0. The van der Waals surface area contributed by atoms with E-state index in [1.165, 1.54) is 5.56 Å². The van der Waals surface area contributed by atoms with Crippen LogP contribution < -0.4 is 5.32 Å². The second-order valence-corrected chi connectivity index (χ2v) is 7.12. The first-order chi connectivity index (χ1) is 13.0. The van der Waals surface area contributed by atoms with E-state index in [0.717, 1.165) is 24.0 Å². The van der Waals surface area contributed by atoms with E-state index in [0.29, 0.717) is 18.7 Å². The number of carbonyl (C=O) groups excluding carboxylic acids is 2. The van der Waals surface area contributed by atoms with Crippen molar-refractivity contribution < 1.29 is 9.59 Å². The standard InChI is InChI=1S/C23H26N2O2/c1-17-8-10-20(16-18(17)2)23(27)24-21-12-14-25(15-13-21)22(26)11-9-19-6-4-3-5-7-19/h3-11,16,21H,12-15H2,1-2H3,(H,24,27)/b11-9+. The lowest BCUT2D eigenvalue weighted by Crippen LogP contribution is -2.46. The molecule has 0 spiro atoms. The van der Waals surface area contributed by atoms with E-state index in [-0.39, 0.29) is 17.9 Å². The fraction of sp³-hybridized carbons (Fsp3) is 0.304. The Balaban J connectivity index is 1.49. The Morgan fingerprint density at radius 3 is 2.37 bits per heavy atom. The van der Waals surface area contributed by atoms with Crippen molar-refractivity contribution >= 4 is 17.9 Å². The van der Waals surface area contributed by atoms with Gasteiger partial charge < -0.3 is 10.2 Å². The van der Waals surface area contributed by atoms with Crippen molar-refractivity contribution in [2.75, 3.05) is 13.1 Å². The van der Waals surface area contributed by atoms with Gasteiger partial charge >= 0.3 is 0 Å². The van der Waals surface area contributed by atoms with Crippen molar-refractivity contribution in [1.82, 2.24) is 10.2 Å². The highest BCUT2D eigenvalue weighted by molar-refractivity contribution is 5.95. The van der Waals surface area contributed by atoms with Crippen LogP contribution in [0.25, 0.3) is 6.08 Å². The highest BCUT2D eigenvalue weighted by Gasteiger charge is 2.23. The molecule has 140 valence electrons. The molecule has 2 amide bonds. The molecular weight excluding hydrogens is 336 g/mol. The summed E-state index contributed by atoms with van der Waals surface area (Å²) in [4.78, 5) is 26.6. The molecule has 1 saturated heterocycles. The van der Waals surface area contributed by atoms with Gasteiger partial charge in [0.2, 0.25) is 5.91 Å². The number of nitrogens with one attached hydrogen (secondary N) is 1. The first-order valence-electron chi connectivity index (χ1n) is 9.43. The van der Waals surface area contributed by atoms with Gasteiger partial charge in [0.15, 0.2) is 0 Å². The van der Waals surface area contributed by atoms with E-state index in [1.807, 2.05) is 73.4 Å². The number of likely N-dealkylation sites (tertiary alicyclic amines) is 1. The van der Waals surface area contributed by atoms with Crippen LogP contribution >= 0.6 is 0 Å². The summed E-state index contributed by atoms with van der Waals surface area (Å²) in [6.07, 6.45) is 5.03. The minimum absolute atomic E-state index is 0.0257. The van der Waals surface area contributed by atoms with E-state index in [2.05, 4.69) is 5.32 Å². The number of hydrogen-bond acceptors (Lipinski definition) is 2. The predicted molar refractivity (Wildman–Crippen MR) is 108 cm³/mol. The summed E-state index contributed by atoms with van der Waals surface area (Å²) in [6, 6.07) is 15.7. The van der Waals surface area contributed by atoms with Gasteiger partial charge in [-0.2, -0.15) is 0 Å². The molecule has 0 unspecified atom stereocenters. The maximum absolute atomic E-state index is 12.4. The molecule has 0 bridgehead atoms. The van der Waals surface area contributed by atoms with Crippen LogP contribution in [0.5, 0.6) is 0 Å². The van der Waals surface area contributed by atoms with Crippen LogP contribution in [-0.4, -0.2) is 35.8 Å². The molecule has 0 radical (unpaired) electrons. The number of rotatable bonds is 4. The van der Waals surface area contributed by atoms with Crippen molar-refractivity contribution in [3.05, 3.63) is 76.9 Å². The Hall–Kier alpha value is -2.88. The quantitative estimate of drug-likeness (QED) is 0.843. The maximum Gasteiger partial charge on any atom is 0.251 e. The van der Waals surface area contributed by atoms with Gasteiger partial charge in [-0.3, -0.25) is 9.59 Å². The zero-order valence-corrected chi connectivity index (χ0v) is 15.9. The molecule has 2 aromatic carbocycles. The van der Waals surface area contributed by atoms with E-state index in [1.54, 1.807) is 6.08 Å². The monoisotopic (exact) mass is 362 g/mol. The van der Waals surface area contributed by atoms with Crippen molar-refractivity contribution in [2.45, 2.75) is 32.7 Å². The number of aryl methyl sites for hydroxylation is 2. The number of carbonyl (C=O) groups is 2. The topological polar surface area (TPSA) is 49.4 Å². The predicted octanol–water partition coefficient (Wildman–Crippen LogP) is 3.74. The lowest BCUT2D eigenvalue weighted by molar-refractivity contribution is -0.126. The number of piperidine rings is 1. The number of hydrogen-bond donors (Lipinski definition) is 1. The van der Waals surface area contributed by atoms with Gasteiger partial charge in [-0.25, -0.2) is 0 Å². The van der Waals surface area contributed by atoms with Crippen LogP contribution in [0, 0.1) is 13.8 Å². The number of amides is 2. The van der Waals surface area contributed by atoms with Crippen LogP contribution in [0.3, 0.4) is 0 Å². The SMILES string of the molecule is Cc1ccc(C(=O)NC2CCN(C(=O)/C=C/c3ccccc3)CC2)cc1C. The third-order valence-electron chi connectivity index (χ3n) is 5.13. The van der Waals surface area contributed by atoms with Gasteiger partial charge in [0.05, 0.1) is 0 Å². The van der Waals surface area contributed by atoms with Crippen molar-refractivity contribution in [3.63, 3.8) is 0 Å². The molecule has 2 aromatic rings. The molecule has 0 aromatic heterocycles. The summed E-state index contributed by atoms with van der Waals surface area (Å²) >= 11 is 0. The van der Waals surface area contributed by atoms with E-state index < -0.39 is 0 Å². The minimum Gasteiger partial charge on any atom is -0.349 e. The fourth-order valence-electron chi connectivity index (χ4n) is 3.23. The normalized spacial score (nSPS) is 15.1. The lowest BCUT2D eigenvalue weighted by atomic mass is 10.0. The molecule has 0 atom stereocenters. The number of benzene rings is 2. The van der Waals surface area contributed by atoms with Gasteiger partial charge in [-0.1, -0.05) is 36.4 Å². The number of nitrogens with zero attached hydrogens (tertiary/aromatic N) is 1. The molecular formula is C23H26N2O2. The summed E-state index contributed by atoms with van der Waals surface area (Å²) in [5, 5.41) is 3.10. The smallest absolute Gasteiger partial charge is 0.251 e. The summed E-state index contributed by atoms with van der Waals surface area (Å²) in [5.41, 5.74) is 4.01. The average molecular weight is 362 g/mol. The largest absolute Gasteiger partial charge is 0.349 e. The first kappa shape index (κ1) is 18.9. The third kappa shape index (κ3) is 5.07. The van der Waals surface area contributed by atoms with E-state index >= 15 is 0 Å². The maximum atomic E-state index is 12.4.